The van der Waals surface area contributed by atoms with Crippen LogP contribution < -0.4 is 9.64 Å². The number of carbonyl (C=O) groups is 2. The van der Waals surface area contributed by atoms with Gasteiger partial charge in [0.25, 0.3) is 11.8 Å². The number of hydrogen-bond acceptors (Lipinski definition) is 4. The molecule has 0 N–H and O–H groups in total. The van der Waals surface area contributed by atoms with Crippen LogP contribution in [-0.2, 0) is 16.2 Å². The van der Waals surface area contributed by atoms with Crippen molar-refractivity contribution in [1.29, 1.82) is 0 Å². The lowest BCUT2D eigenvalue weighted by atomic mass is 10.0. The number of halogens is 2. The molecule has 2 aliphatic rings. The van der Waals surface area contributed by atoms with Crippen LogP contribution in [0.25, 0.3) is 0 Å². The zero-order chi connectivity index (χ0) is 23.2. The van der Waals surface area contributed by atoms with Crippen LogP contribution in [0.15, 0.2) is 66.7 Å². The molecule has 1 fully saturated rings. The standard InChI is InChI=1S/C25H20F2N2O3S/c1-32-18-6-4-5-17(14-18)23(30)29-11-12-33-25(29)19-7-2-3-8-22(19)28(24(25)31)15-16-9-10-20(26)21(27)13-16/h2-10,13-14H,11-12,15H2,1H3. The molecule has 33 heavy (non-hydrogen) atoms. The SMILES string of the molecule is COc1cccc(C(=O)N2CCSC23C(=O)N(Cc2ccc(F)c(F)c2)c2ccccc23)c1. The van der Waals surface area contributed by atoms with E-state index in [2.05, 4.69) is 0 Å². The Bertz CT molecular complexity index is 1270. The van der Waals surface area contributed by atoms with Gasteiger partial charge in [0.15, 0.2) is 16.5 Å². The van der Waals surface area contributed by atoms with Gasteiger partial charge < -0.3 is 14.5 Å². The zero-order valence-electron chi connectivity index (χ0n) is 17.8. The van der Waals surface area contributed by atoms with Crippen molar-refractivity contribution >= 4 is 29.3 Å². The van der Waals surface area contributed by atoms with Gasteiger partial charge in [-0.05, 0) is 42.0 Å². The fourth-order valence-electron chi connectivity index (χ4n) is 4.46. The van der Waals surface area contributed by atoms with Crippen LogP contribution >= 0.6 is 11.8 Å². The lowest BCUT2D eigenvalue weighted by Gasteiger charge is -2.33. The first-order chi connectivity index (χ1) is 16.0. The molecule has 3 aromatic carbocycles. The third-order valence-corrected chi connectivity index (χ3v) is 7.41. The summed E-state index contributed by atoms with van der Waals surface area (Å²) >= 11 is 1.41. The van der Waals surface area contributed by atoms with Crippen molar-refractivity contribution in [3.63, 3.8) is 0 Å². The summed E-state index contributed by atoms with van der Waals surface area (Å²) in [5, 5.41) is 0. The van der Waals surface area contributed by atoms with Crippen LogP contribution in [0.5, 0.6) is 5.75 Å². The molecule has 0 aliphatic carbocycles. The first kappa shape index (κ1) is 21.5. The molecule has 1 unspecified atom stereocenters. The largest absolute Gasteiger partial charge is 0.497 e. The van der Waals surface area contributed by atoms with Gasteiger partial charge in [-0.2, -0.15) is 0 Å². The Morgan fingerprint density at radius 1 is 1.06 bits per heavy atom. The van der Waals surface area contributed by atoms with Gasteiger partial charge >= 0.3 is 0 Å². The van der Waals surface area contributed by atoms with E-state index in [0.717, 1.165) is 17.7 Å². The van der Waals surface area contributed by atoms with E-state index in [0.29, 0.717) is 34.9 Å². The third kappa shape index (κ3) is 3.36. The Morgan fingerprint density at radius 2 is 1.88 bits per heavy atom. The van der Waals surface area contributed by atoms with Crippen LogP contribution in [-0.4, -0.2) is 36.1 Å². The molecular formula is C25H20F2N2O3S. The van der Waals surface area contributed by atoms with Gasteiger partial charge in [0, 0.05) is 23.4 Å². The van der Waals surface area contributed by atoms with E-state index in [-0.39, 0.29) is 18.4 Å². The number of para-hydroxylation sites is 1. The van der Waals surface area contributed by atoms with Gasteiger partial charge in [0.2, 0.25) is 0 Å². The molecule has 168 valence electrons. The van der Waals surface area contributed by atoms with Crippen molar-refractivity contribution in [2.45, 2.75) is 11.4 Å². The highest BCUT2D eigenvalue weighted by Gasteiger charge is 2.59. The Kier molecular flexibility index (Phi) is 5.32. The molecule has 1 atom stereocenters. The summed E-state index contributed by atoms with van der Waals surface area (Å²) in [6.45, 7) is 0.469. The molecule has 2 amide bonds. The summed E-state index contributed by atoms with van der Waals surface area (Å²) in [7, 11) is 1.53. The number of hydrogen-bond donors (Lipinski definition) is 0. The van der Waals surface area contributed by atoms with Gasteiger partial charge in [-0.1, -0.05) is 30.3 Å². The van der Waals surface area contributed by atoms with Gasteiger partial charge in [0.05, 0.1) is 19.3 Å². The highest BCUT2D eigenvalue weighted by Crippen LogP contribution is 2.54. The Labute approximate surface area is 193 Å². The van der Waals surface area contributed by atoms with E-state index >= 15 is 0 Å². The second-order valence-corrected chi connectivity index (χ2v) is 9.13. The van der Waals surface area contributed by atoms with Crippen LogP contribution in [0, 0.1) is 11.6 Å². The summed E-state index contributed by atoms with van der Waals surface area (Å²) in [5.41, 5.74) is 2.27. The number of nitrogens with zero attached hydrogens (tertiary/aromatic N) is 2. The number of thioether (sulfide) groups is 1. The van der Waals surface area contributed by atoms with Crippen LogP contribution in [0.3, 0.4) is 0 Å². The average molecular weight is 467 g/mol. The molecule has 0 aromatic heterocycles. The minimum Gasteiger partial charge on any atom is -0.497 e. The number of benzene rings is 3. The van der Waals surface area contributed by atoms with Crippen LogP contribution in [0.2, 0.25) is 0 Å². The highest BCUT2D eigenvalue weighted by atomic mass is 32.2. The first-order valence-electron chi connectivity index (χ1n) is 10.4. The molecule has 5 rings (SSSR count). The molecule has 8 heteroatoms. The molecular weight excluding hydrogens is 446 g/mol. The number of rotatable bonds is 4. The predicted molar refractivity (Wildman–Crippen MR) is 122 cm³/mol. The van der Waals surface area contributed by atoms with Crippen molar-refractivity contribution in [3.8, 4) is 5.75 Å². The molecule has 0 radical (unpaired) electrons. The van der Waals surface area contributed by atoms with Crippen molar-refractivity contribution in [1.82, 2.24) is 4.90 Å². The Morgan fingerprint density at radius 3 is 2.67 bits per heavy atom. The molecule has 0 bridgehead atoms. The third-order valence-electron chi connectivity index (χ3n) is 5.99. The maximum Gasteiger partial charge on any atom is 0.268 e. The van der Waals surface area contributed by atoms with Gasteiger partial charge in [-0.15, -0.1) is 11.8 Å². The van der Waals surface area contributed by atoms with E-state index in [9.17, 15) is 18.4 Å². The van der Waals surface area contributed by atoms with Crippen molar-refractivity contribution in [3.05, 3.63) is 95.1 Å². The van der Waals surface area contributed by atoms with Crippen LogP contribution in [0.4, 0.5) is 14.5 Å². The second kappa shape index (κ2) is 8.19. The van der Waals surface area contributed by atoms with Gasteiger partial charge in [-0.25, -0.2) is 8.78 Å². The summed E-state index contributed by atoms with van der Waals surface area (Å²) in [4.78, 5) is 29.4. The van der Waals surface area contributed by atoms with E-state index < -0.39 is 16.5 Å². The molecule has 0 saturated carbocycles. The predicted octanol–water partition coefficient (Wildman–Crippen LogP) is 4.56. The first-order valence-corrected chi connectivity index (χ1v) is 11.4. The van der Waals surface area contributed by atoms with Gasteiger partial charge in [0.1, 0.15) is 5.75 Å². The van der Waals surface area contributed by atoms with Crippen molar-refractivity contribution in [2.24, 2.45) is 0 Å². The topological polar surface area (TPSA) is 49.9 Å². The smallest absolute Gasteiger partial charge is 0.268 e. The molecule has 2 heterocycles. The number of fused-ring (bicyclic) bond motifs is 2. The quantitative estimate of drug-likeness (QED) is 0.566. The van der Waals surface area contributed by atoms with Gasteiger partial charge in [-0.3, -0.25) is 9.59 Å². The van der Waals surface area contributed by atoms with Crippen molar-refractivity contribution in [2.75, 3.05) is 24.3 Å². The maximum absolute atomic E-state index is 13.9. The highest BCUT2D eigenvalue weighted by molar-refractivity contribution is 8.01. The zero-order valence-corrected chi connectivity index (χ0v) is 18.6. The fraction of sp³-hybridized carbons (Fsp3) is 0.200. The number of amides is 2. The van der Waals surface area contributed by atoms with E-state index in [1.165, 1.54) is 24.9 Å². The number of ether oxygens (including phenoxy) is 1. The monoisotopic (exact) mass is 466 g/mol. The second-order valence-electron chi connectivity index (χ2n) is 7.84. The lowest BCUT2D eigenvalue weighted by molar-refractivity contribution is -0.123. The van der Waals surface area contributed by atoms with E-state index in [1.54, 1.807) is 34.1 Å². The molecule has 1 saturated heterocycles. The average Bonchev–Trinajstić information content (AvgIpc) is 3.38. The normalized spacial score (nSPS) is 19.3. The fourth-order valence-corrected chi connectivity index (χ4v) is 5.92. The number of methoxy groups -OCH3 is 1. The maximum atomic E-state index is 13.9. The summed E-state index contributed by atoms with van der Waals surface area (Å²) in [6, 6.07) is 17.8. The van der Waals surface area contributed by atoms with Crippen LogP contribution in [0.1, 0.15) is 21.5 Å². The lowest BCUT2D eigenvalue weighted by Crippen LogP contribution is -2.50. The number of carbonyl (C=O) groups excluding carboxylic acids is 2. The Balaban J connectivity index is 1.56. The number of anilines is 1. The van der Waals surface area contributed by atoms with Crippen molar-refractivity contribution < 1.29 is 23.1 Å². The summed E-state index contributed by atoms with van der Waals surface area (Å²) in [5.74, 6) is -1.30. The minimum absolute atomic E-state index is 0.0660. The Hall–Kier alpha value is -3.39. The van der Waals surface area contributed by atoms with E-state index in [1.807, 2.05) is 24.3 Å². The molecule has 2 aliphatic heterocycles. The molecule has 1 spiro atoms. The van der Waals surface area contributed by atoms with E-state index in [4.69, 9.17) is 4.74 Å². The summed E-state index contributed by atoms with van der Waals surface area (Å²) < 4.78 is 32.5. The molecule has 5 nitrogen and oxygen atoms in total. The minimum atomic E-state index is -1.21. The molecule has 3 aromatic rings. The summed E-state index contributed by atoms with van der Waals surface area (Å²) in [6.07, 6.45) is 0.